The first kappa shape index (κ1) is 45.7. The van der Waals surface area contributed by atoms with Gasteiger partial charge in [0, 0.05) is 21.5 Å². The molecule has 10 aromatic rings. The molecule has 2 nitrogen and oxygen atoms in total. The molecule has 10 rings (SSSR count). The van der Waals surface area contributed by atoms with Gasteiger partial charge in [0.15, 0.2) is 93.1 Å². The summed E-state index contributed by atoms with van der Waals surface area (Å²) in [6.07, 6.45) is 0. The SMILES string of the molecule is Fc1c(F)c(F)c(-c2ccc3c(c2)c2cc(-c4ccc5c(c4)c4cc(-c6c(F)c(F)c(F)c(F)c6F)ccc4n5-c4c(F)c(F)c(F)c(F)c4F)ccc2n3-c2c(F)c(F)c(F)c(F)c2F)c(F)c1F. The molecule has 0 aliphatic carbocycles. The van der Waals surface area contributed by atoms with E-state index in [1.807, 2.05) is 0 Å². The Bertz CT molecular complexity index is 3650. The van der Waals surface area contributed by atoms with Crippen molar-refractivity contribution >= 4 is 43.6 Å². The van der Waals surface area contributed by atoms with Crippen molar-refractivity contribution in [2.75, 3.05) is 0 Å². The number of fused-ring (bicyclic) bond motifs is 6. The highest BCUT2D eigenvalue weighted by molar-refractivity contribution is 6.14. The fourth-order valence-corrected chi connectivity index (χ4v) is 8.49. The van der Waals surface area contributed by atoms with Crippen LogP contribution in [0, 0.1) is 116 Å². The van der Waals surface area contributed by atoms with Gasteiger partial charge in [-0.2, -0.15) is 0 Å². The zero-order valence-corrected chi connectivity index (χ0v) is 33.4. The van der Waals surface area contributed by atoms with Crippen molar-refractivity contribution in [3.8, 4) is 44.8 Å². The Morgan fingerprint density at radius 2 is 0.386 bits per heavy atom. The largest absolute Gasteiger partial charge is 0.304 e. The number of benzene rings is 8. The molecule has 8 aromatic carbocycles. The van der Waals surface area contributed by atoms with Gasteiger partial charge < -0.3 is 9.13 Å². The van der Waals surface area contributed by atoms with Crippen LogP contribution in [0.4, 0.5) is 87.8 Å². The molecule has 0 saturated heterocycles. The Morgan fingerprint density at radius 3 is 0.629 bits per heavy atom. The van der Waals surface area contributed by atoms with Crippen LogP contribution in [-0.2, 0) is 0 Å². The summed E-state index contributed by atoms with van der Waals surface area (Å²) in [5, 5.41) is -1.42. The molecule has 0 saturated carbocycles. The lowest BCUT2D eigenvalue weighted by atomic mass is 9.98. The first-order chi connectivity index (χ1) is 33.1. The predicted molar refractivity (Wildman–Crippen MR) is 211 cm³/mol. The smallest absolute Gasteiger partial charge is 0.200 e. The number of halogens is 20. The summed E-state index contributed by atoms with van der Waals surface area (Å²) >= 11 is 0. The molecule has 0 aliphatic rings. The van der Waals surface area contributed by atoms with Crippen LogP contribution in [0.2, 0.25) is 0 Å². The van der Waals surface area contributed by atoms with E-state index in [0.29, 0.717) is 21.3 Å². The Morgan fingerprint density at radius 1 is 0.200 bits per heavy atom. The van der Waals surface area contributed by atoms with E-state index in [1.54, 1.807) is 0 Å². The van der Waals surface area contributed by atoms with Gasteiger partial charge in [0.1, 0.15) is 11.4 Å². The molecule has 2 aromatic heterocycles. The van der Waals surface area contributed by atoms with Crippen LogP contribution < -0.4 is 0 Å². The van der Waals surface area contributed by atoms with E-state index in [0.717, 1.165) is 60.7 Å². The van der Waals surface area contributed by atoms with E-state index >= 15 is 35.1 Å². The Kier molecular flexibility index (Phi) is 10.3. The lowest BCUT2D eigenvalue weighted by molar-refractivity contribution is 0.376. The zero-order valence-electron chi connectivity index (χ0n) is 33.4. The van der Waals surface area contributed by atoms with Crippen molar-refractivity contribution in [1.29, 1.82) is 0 Å². The summed E-state index contributed by atoms with van der Waals surface area (Å²) in [7, 11) is 0. The summed E-state index contributed by atoms with van der Waals surface area (Å²) in [5.74, 6) is -48.2. The van der Waals surface area contributed by atoms with Crippen molar-refractivity contribution in [1.82, 2.24) is 9.13 Å². The monoisotopic (exact) mass is 996 g/mol. The topological polar surface area (TPSA) is 9.86 Å². The van der Waals surface area contributed by atoms with E-state index in [4.69, 9.17) is 0 Å². The maximum Gasteiger partial charge on any atom is 0.200 e. The molecule has 70 heavy (non-hydrogen) atoms. The summed E-state index contributed by atoms with van der Waals surface area (Å²) in [4.78, 5) is 0. The minimum Gasteiger partial charge on any atom is -0.304 e. The molecule has 0 spiro atoms. The maximum absolute atomic E-state index is 15.5. The zero-order chi connectivity index (χ0) is 50.4. The maximum atomic E-state index is 15.5. The molecule has 0 fully saturated rings. The first-order valence-electron chi connectivity index (χ1n) is 19.3. The van der Waals surface area contributed by atoms with Crippen LogP contribution >= 0.6 is 0 Å². The van der Waals surface area contributed by atoms with Gasteiger partial charge >= 0.3 is 0 Å². The minimum absolute atomic E-state index is 0.0689. The van der Waals surface area contributed by atoms with E-state index in [2.05, 4.69) is 0 Å². The summed E-state index contributed by atoms with van der Waals surface area (Å²) in [5.41, 5.74) is -9.75. The summed E-state index contributed by atoms with van der Waals surface area (Å²) in [6.45, 7) is 0. The molecular formula is C48H12F20N2. The second-order valence-electron chi connectivity index (χ2n) is 15.3. The van der Waals surface area contributed by atoms with Gasteiger partial charge in [0.25, 0.3) is 0 Å². The third-order valence-electron chi connectivity index (χ3n) is 11.7. The van der Waals surface area contributed by atoms with Gasteiger partial charge in [-0.25, -0.2) is 87.8 Å². The van der Waals surface area contributed by atoms with Crippen molar-refractivity contribution in [2.45, 2.75) is 0 Å². The molecule has 0 unspecified atom stereocenters. The average Bonchev–Trinajstić information content (AvgIpc) is 3.85. The third-order valence-corrected chi connectivity index (χ3v) is 11.7. The molecule has 0 atom stereocenters. The molecule has 0 amide bonds. The first-order valence-corrected chi connectivity index (χ1v) is 19.3. The molecule has 2 heterocycles. The molecule has 22 heteroatoms. The van der Waals surface area contributed by atoms with Crippen LogP contribution in [-0.4, -0.2) is 9.13 Å². The van der Waals surface area contributed by atoms with Crippen LogP contribution in [0.25, 0.3) is 88.4 Å². The van der Waals surface area contributed by atoms with Gasteiger partial charge in [-0.1, -0.05) is 24.3 Å². The van der Waals surface area contributed by atoms with Gasteiger partial charge in [-0.3, -0.25) is 0 Å². The Hall–Kier alpha value is -8.04. The number of hydrogen-bond acceptors (Lipinski definition) is 0. The fraction of sp³-hybridized carbons (Fsp3) is 0. The molecule has 0 radical (unpaired) electrons. The van der Waals surface area contributed by atoms with E-state index in [-0.39, 0.29) is 21.9 Å². The quantitative estimate of drug-likeness (QED) is 0.0924. The second-order valence-corrected chi connectivity index (χ2v) is 15.3. The molecular weight excluding hydrogens is 985 g/mol. The van der Waals surface area contributed by atoms with Crippen molar-refractivity contribution in [3.05, 3.63) is 189 Å². The van der Waals surface area contributed by atoms with Crippen molar-refractivity contribution in [2.24, 2.45) is 0 Å². The molecule has 0 aliphatic heterocycles. The van der Waals surface area contributed by atoms with Crippen LogP contribution in [0.5, 0.6) is 0 Å². The normalized spacial score (nSPS) is 12.0. The highest BCUT2D eigenvalue weighted by Gasteiger charge is 2.33. The number of rotatable bonds is 5. The summed E-state index contributed by atoms with van der Waals surface area (Å²) < 4.78 is 296. The number of hydrogen-bond donors (Lipinski definition) is 0. The number of aromatic nitrogens is 2. The standard InChI is InChI=1S/C48H12F20N2/c49-27-25(28(50)32(54)35(57)31(27)53)15-3-7-23-19(11-15)17-9-13(1-5-21(17)69(23)47-43(65)39(61)37(59)40(62)44(47)66)14-2-6-22-18(10-14)20-12-16(26-29(51)33(55)36(58)34(56)30(26)52)4-8-24(20)70(22)48-45(67)41(63)38(60)42(64)46(48)68/h1-12H. The Labute approximate surface area is 374 Å². The van der Waals surface area contributed by atoms with Gasteiger partial charge in [0.2, 0.25) is 23.3 Å². The lowest BCUT2D eigenvalue weighted by Gasteiger charge is -2.13. The minimum atomic E-state index is -2.56. The van der Waals surface area contributed by atoms with E-state index in [9.17, 15) is 52.7 Å². The van der Waals surface area contributed by atoms with E-state index in [1.165, 1.54) is 0 Å². The summed E-state index contributed by atoms with van der Waals surface area (Å²) in [6, 6.07) is 11.0. The van der Waals surface area contributed by atoms with Crippen LogP contribution in [0.15, 0.2) is 72.8 Å². The third kappa shape index (κ3) is 6.16. The van der Waals surface area contributed by atoms with Gasteiger partial charge in [0.05, 0.1) is 33.2 Å². The van der Waals surface area contributed by atoms with Gasteiger partial charge in [-0.05, 0) is 70.8 Å². The predicted octanol–water partition coefficient (Wildman–Crippen LogP) is 15.7. The molecule has 0 bridgehead atoms. The highest BCUT2D eigenvalue weighted by atomic mass is 19.2. The Balaban J connectivity index is 1.28. The second kappa shape index (κ2) is 15.8. The highest BCUT2D eigenvalue weighted by Crippen LogP contribution is 2.44. The van der Waals surface area contributed by atoms with Gasteiger partial charge in [-0.15, -0.1) is 0 Å². The van der Waals surface area contributed by atoms with Crippen LogP contribution in [0.1, 0.15) is 0 Å². The van der Waals surface area contributed by atoms with Crippen molar-refractivity contribution in [3.63, 3.8) is 0 Å². The van der Waals surface area contributed by atoms with Crippen molar-refractivity contribution < 1.29 is 87.8 Å². The average molecular weight is 997 g/mol. The molecule has 0 N–H and O–H groups in total. The molecule has 354 valence electrons. The lowest BCUT2D eigenvalue weighted by Crippen LogP contribution is -2.09. The van der Waals surface area contributed by atoms with E-state index < -0.39 is 183 Å². The fourth-order valence-electron chi connectivity index (χ4n) is 8.49. The van der Waals surface area contributed by atoms with Crippen LogP contribution in [0.3, 0.4) is 0 Å². The number of nitrogens with zero attached hydrogens (tertiary/aromatic N) is 2.